The summed E-state index contributed by atoms with van der Waals surface area (Å²) >= 11 is 1.32. The van der Waals surface area contributed by atoms with E-state index in [1.165, 1.54) is 17.8 Å². The quantitative estimate of drug-likeness (QED) is 0.532. The van der Waals surface area contributed by atoms with Gasteiger partial charge < -0.3 is 5.32 Å². The van der Waals surface area contributed by atoms with Crippen LogP contribution in [0.2, 0.25) is 0 Å². The summed E-state index contributed by atoms with van der Waals surface area (Å²) in [6.45, 7) is 3.84. The van der Waals surface area contributed by atoms with Crippen molar-refractivity contribution < 1.29 is 4.79 Å². The predicted octanol–water partition coefficient (Wildman–Crippen LogP) is 3.34. The number of benzene rings is 1. The van der Waals surface area contributed by atoms with Crippen LogP contribution in [0.15, 0.2) is 53.0 Å². The molecule has 102 valence electrons. The standard InChI is InChI=1S/C15H15N3OS/c1-11-10-12(2)17-15(16-11)20-9-8-14(19)18-13-6-4-3-5-7-13/h3-10H,1-2H3,(H,18,19)/b9-8+. The Morgan fingerprint density at radius 2 is 1.80 bits per heavy atom. The lowest BCUT2D eigenvalue weighted by Gasteiger charge is -2.01. The second-order valence-corrected chi connectivity index (χ2v) is 5.08. The summed E-state index contributed by atoms with van der Waals surface area (Å²) in [7, 11) is 0. The number of para-hydroxylation sites is 1. The predicted molar refractivity (Wildman–Crippen MR) is 81.6 cm³/mol. The first-order valence-electron chi connectivity index (χ1n) is 6.15. The third-order valence-electron chi connectivity index (χ3n) is 2.40. The lowest BCUT2D eigenvalue weighted by atomic mass is 10.3. The van der Waals surface area contributed by atoms with Gasteiger partial charge in [0.2, 0.25) is 5.91 Å². The molecule has 20 heavy (non-hydrogen) atoms. The van der Waals surface area contributed by atoms with Gasteiger partial charge in [0.05, 0.1) is 0 Å². The highest BCUT2D eigenvalue weighted by Crippen LogP contribution is 2.15. The Labute approximate surface area is 122 Å². The fourth-order valence-corrected chi connectivity index (χ4v) is 2.32. The molecule has 0 saturated carbocycles. The Kier molecular flexibility index (Phi) is 4.90. The lowest BCUT2D eigenvalue weighted by molar-refractivity contribution is -0.111. The number of aromatic nitrogens is 2. The maximum Gasteiger partial charge on any atom is 0.248 e. The zero-order chi connectivity index (χ0) is 14.4. The molecule has 1 aromatic carbocycles. The molecule has 0 spiro atoms. The number of nitrogens with zero attached hydrogens (tertiary/aromatic N) is 2. The van der Waals surface area contributed by atoms with Gasteiger partial charge in [0.25, 0.3) is 0 Å². The minimum absolute atomic E-state index is 0.173. The molecule has 1 aromatic heterocycles. The third-order valence-corrected chi connectivity index (χ3v) is 3.06. The highest BCUT2D eigenvalue weighted by molar-refractivity contribution is 8.02. The summed E-state index contributed by atoms with van der Waals surface area (Å²) in [5.41, 5.74) is 2.61. The summed E-state index contributed by atoms with van der Waals surface area (Å²) in [6.07, 6.45) is 1.47. The molecule has 4 nitrogen and oxygen atoms in total. The van der Waals surface area contributed by atoms with Gasteiger partial charge in [-0.1, -0.05) is 30.0 Å². The Morgan fingerprint density at radius 3 is 2.45 bits per heavy atom. The molecule has 0 aliphatic heterocycles. The van der Waals surface area contributed by atoms with Crippen molar-refractivity contribution in [3.63, 3.8) is 0 Å². The molecule has 2 rings (SSSR count). The van der Waals surface area contributed by atoms with Crippen molar-refractivity contribution in [1.82, 2.24) is 9.97 Å². The molecule has 0 radical (unpaired) electrons. The number of nitrogens with one attached hydrogen (secondary N) is 1. The molecular formula is C15H15N3OS. The van der Waals surface area contributed by atoms with E-state index in [1.807, 2.05) is 50.2 Å². The SMILES string of the molecule is Cc1cc(C)nc(S/C=C/C(=O)Nc2ccccc2)n1. The molecule has 0 atom stereocenters. The summed E-state index contributed by atoms with van der Waals surface area (Å²) in [5.74, 6) is -0.173. The van der Waals surface area contributed by atoms with Gasteiger partial charge in [0.1, 0.15) is 0 Å². The van der Waals surface area contributed by atoms with Crippen molar-refractivity contribution in [3.05, 3.63) is 59.3 Å². The van der Waals surface area contributed by atoms with Crippen molar-refractivity contribution in [3.8, 4) is 0 Å². The molecule has 0 aliphatic carbocycles. The van der Waals surface area contributed by atoms with Gasteiger partial charge in [-0.15, -0.1) is 0 Å². The van der Waals surface area contributed by atoms with E-state index in [0.29, 0.717) is 5.16 Å². The maximum atomic E-state index is 11.7. The summed E-state index contributed by atoms with van der Waals surface area (Å²) < 4.78 is 0. The van der Waals surface area contributed by atoms with Crippen molar-refractivity contribution >= 4 is 23.4 Å². The number of hydrogen-bond acceptors (Lipinski definition) is 4. The fourth-order valence-electron chi connectivity index (χ4n) is 1.61. The molecule has 0 aliphatic rings. The van der Waals surface area contributed by atoms with Crippen molar-refractivity contribution in [2.75, 3.05) is 5.32 Å². The number of hydrogen-bond donors (Lipinski definition) is 1. The molecular weight excluding hydrogens is 270 g/mol. The molecule has 0 bridgehead atoms. The van der Waals surface area contributed by atoms with E-state index in [1.54, 1.807) is 5.41 Å². The van der Waals surface area contributed by atoms with Crippen LogP contribution >= 0.6 is 11.8 Å². The van der Waals surface area contributed by atoms with Crippen LogP contribution in [-0.2, 0) is 4.79 Å². The van der Waals surface area contributed by atoms with E-state index in [-0.39, 0.29) is 5.91 Å². The molecule has 1 heterocycles. The monoisotopic (exact) mass is 285 g/mol. The number of aryl methyl sites for hydroxylation is 2. The highest BCUT2D eigenvalue weighted by atomic mass is 32.2. The molecule has 0 unspecified atom stereocenters. The van der Waals surface area contributed by atoms with Crippen LogP contribution in [-0.4, -0.2) is 15.9 Å². The van der Waals surface area contributed by atoms with Crippen LogP contribution in [0.25, 0.3) is 0 Å². The lowest BCUT2D eigenvalue weighted by Crippen LogP contribution is -2.07. The van der Waals surface area contributed by atoms with Gasteiger partial charge in [-0.25, -0.2) is 9.97 Å². The average Bonchev–Trinajstić information content (AvgIpc) is 2.38. The first-order valence-corrected chi connectivity index (χ1v) is 7.03. The normalized spacial score (nSPS) is 10.7. The summed E-state index contributed by atoms with van der Waals surface area (Å²) in [5, 5.41) is 5.10. The van der Waals surface area contributed by atoms with Crippen LogP contribution in [0, 0.1) is 13.8 Å². The largest absolute Gasteiger partial charge is 0.322 e. The average molecular weight is 285 g/mol. The number of carbonyl (C=O) groups is 1. The molecule has 0 fully saturated rings. The smallest absolute Gasteiger partial charge is 0.248 e. The Hall–Kier alpha value is -2.14. The van der Waals surface area contributed by atoms with Crippen molar-refractivity contribution in [2.24, 2.45) is 0 Å². The second-order valence-electron chi connectivity index (χ2n) is 4.21. The van der Waals surface area contributed by atoms with E-state index < -0.39 is 0 Å². The molecule has 1 N–H and O–H groups in total. The zero-order valence-corrected chi connectivity index (χ0v) is 12.1. The number of carbonyl (C=O) groups excluding carboxylic acids is 1. The van der Waals surface area contributed by atoms with E-state index in [4.69, 9.17) is 0 Å². The first-order chi connectivity index (χ1) is 9.63. The van der Waals surface area contributed by atoms with Gasteiger partial charge in [0, 0.05) is 23.2 Å². The van der Waals surface area contributed by atoms with Crippen LogP contribution in [0.1, 0.15) is 11.4 Å². The molecule has 5 heteroatoms. The minimum Gasteiger partial charge on any atom is -0.322 e. The topological polar surface area (TPSA) is 54.9 Å². The Bertz CT molecular complexity index is 606. The molecule has 2 aromatic rings. The van der Waals surface area contributed by atoms with E-state index in [0.717, 1.165) is 17.1 Å². The van der Waals surface area contributed by atoms with Gasteiger partial charge in [-0.3, -0.25) is 4.79 Å². The van der Waals surface area contributed by atoms with E-state index in [9.17, 15) is 4.79 Å². The fraction of sp³-hybridized carbons (Fsp3) is 0.133. The highest BCUT2D eigenvalue weighted by Gasteiger charge is 1.99. The van der Waals surface area contributed by atoms with Crippen LogP contribution in [0.3, 0.4) is 0 Å². The number of anilines is 1. The summed E-state index contributed by atoms with van der Waals surface area (Å²) in [4.78, 5) is 20.3. The second kappa shape index (κ2) is 6.86. The van der Waals surface area contributed by atoms with Gasteiger partial charge in [0.15, 0.2) is 5.16 Å². The van der Waals surface area contributed by atoms with Crippen molar-refractivity contribution in [1.29, 1.82) is 0 Å². The van der Waals surface area contributed by atoms with E-state index in [2.05, 4.69) is 15.3 Å². The first kappa shape index (κ1) is 14.3. The minimum atomic E-state index is -0.173. The van der Waals surface area contributed by atoms with Crippen molar-refractivity contribution in [2.45, 2.75) is 19.0 Å². The maximum absolute atomic E-state index is 11.7. The van der Waals surface area contributed by atoms with Gasteiger partial charge in [-0.05, 0) is 37.5 Å². The number of rotatable bonds is 4. The zero-order valence-electron chi connectivity index (χ0n) is 11.3. The van der Waals surface area contributed by atoms with Crippen LogP contribution in [0.5, 0.6) is 0 Å². The van der Waals surface area contributed by atoms with Gasteiger partial charge in [-0.2, -0.15) is 0 Å². The molecule has 1 amide bonds. The third kappa shape index (κ3) is 4.51. The van der Waals surface area contributed by atoms with Crippen LogP contribution < -0.4 is 5.32 Å². The molecule has 0 saturated heterocycles. The Morgan fingerprint density at radius 1 is 1.15 bits per heavy atom. The van der Waals surface area contributed by atoms with Gasteiger partial charge >= 0.3 is 0 Å². The Balaban J connectivity index is 1.91. The summed E-state index contributed by atoms with van der Waals surface area (Å²) in [6, 6.07) is 11.2. The van der Waals surface area contributed by atoms with Crippen LogP contribution in [0.4, 0.5) is 5.69 Å². The van der Waals surface area contributed by atoms with E-state index >= 15 is 0 Å². The number of thioether (sulfide) groups is 1. The number of amides is 1.